The number of aryl methyl sites for hydroxylation is 2. The number of likely N-dealkylation sites (tertiary alicyclic amines) is 1. The molecule has 3 rings (SSSR count). The van der Waals surface area contributed by atoms with E-state index < -0.39 is 0 Å². The van der Waals surface area contributed by atoms with Crippen molar-refractivity contribution in [3.8, 4) is 0 Å². The second kappa shape index (κ2) is 5.74. The van der Waals surface area contributed by atoms with Crippen LogP contribution in [0.15, 0.2) is 0 Å². The fourth-order valence-corrected chi connectivity index (χ4v) is 3.47. The van der Waals surface area contributed by atoms with Gasteiger partial charge in [-0.1, -0.05) is 0 Å². The third-order valence-corrected chi connectivity index (χ3v) is 4.67. The van der Waals surface area contributed by atoms with Crippen molar-refractivity contribution in [1.82, 2.24) is 20.0 Å². The third kappa shape index (κ3) is 2.44. The molecule has 0 aliphatic carbocycles. The van der Waals surface area contributed by atoms with E-state index in [9.17, 15) is 4.79 Å². The van der Waals surface area contributed by atoms with Gasteiger partial charge in [-0.25, -0.2) is 0 Å². The number of amides is 1. The molecule has 3 heterocycles. The zero-order valence-corrected chi connectivity index (χ0v) is 13.2. The average molecular weight is 299 g/mol. The number of carbonyl (C=O) groups is 1. The molecule has 0 aromatic carbocycles. The molecule has 6 heteroatoms. The normalized spacial score (nSPS) is 25.2. The molecule has 0 radical (unpaired) electrons. The lowest BCUT2D eigenvalue weighted by Crippen LogP contribution is -2.47. The van der Waals surface area contributed by atoms with Crippen molar-refractivity contribution in [3.05, 3.63) is 17.0 Å². The number of aromatic nitrogens is 2. The Morgan fingerprint density at radius 3 is 2.75 bits per heavy atom. The molecule has 1 N–H and O–H groups in total. The number of carbonyl (C=O) groups excluding carboxylic acids is 1. The van der Waals surface area contributed by atoms with Crippen molar-refractivity contribution in [2.75, 3.05) is 19.6 Å². The van der Waals surface area contributed by atoms with Crippen LogP contribution >= 0.6 is 12.4 Å². The lowest BCUT2D eigenvalue weighted by Gasteiger charge is -2.35. The highest BCUT2D eigenvalue weighted by Crippen LogP contribution is 2.26. The van der Waals surface area contributed by atoms with Gasteiger partial charge < -0.3 is 10.2 Å². The van der Waals surface area contributed by atoms with Gasteiger partial charge in [0, 0.05) is 31.9 Å². The number of nitrogens with zero attached hydrogens (tertiary/aromatic N) is 3. The Hall–Kier alpha value is -1.07. The molecule has 112 valence electrons. The van der Waals surface area contributed by atoms with Crippen molar-refractivity contribution >= 4 is 18.3 Å². The standard InChI is InChI=1S/C14H22N4O.ClH/c1-9-13(10(2)17(3)16-9)14(19)18-7-5-12-11(8-18)4-6-15-12;/h11-12,15H,4-8H2,1-3H3;1H. The first-order chi connectivity index (χ1) is 9.08. The number of piperidine rings is 1. The van der Waals surface area contributed by atoms with E-state index in [0.29, 0.717) is 12.0 Å². The van der Waals surface area contributed by atoms with Gasteiger partial charge >= 0.3 is 0 Å². The lowest BCUT2D eigenvalue weighted by molar-refractivity contribution is 0.0660. The highest BCUT2D eigenvalue weighted by molar-refractivity contribution is 5.96. The molecular formula is C14H23ClN4O. The number of nitrogens with one attached hydrogen (secondary N) is 1. The predicted molar refractivity (Wildman–Crippen MR) is 80.3 cm³/mol. The second-order valence-electron chi connectivity index (χ2n) is 5.82. The Labute approximate surface area is 126 Å². The molecule has 0 saturated carbocycles. The fraction of sp³-hybridized carbons (Fsp3) is 0.714. The van der Waals surface area contributed by atoms with Gasteiger partial charge in [-0.15, -0.1) is 12.4 Å². The van der Waals surface area contributed by atoms with Crippen molar-refractivity contribution in [3.63, 3.8) is 0 Å². The number of halogens is 1. The van der Waals surface area contributed by atoms with Crippen LogP contribution in [0.25, 0.3) is 0 Å². The summed E-state index contributed by atoms with van der Waals surface area (Å²) in [7, 11) is 1.90. The summed E-state index contributed by atoms with van der Waals surface area (Å²) in [5.41, 5.74) is 2.61. The smallest absolute Gasteiger partial charge is 0.257 e. The van der Waals surface area contributed by atoms with E-state index in [0.717, 1.165) is 43.0 Å². The Morgan fingerprint density at radius 1 is 1.35 bits per heavy atom. The SMILES string of the molecule is Cc1nn(C)c(C)c1C(=O)N1CCC2NCCC2C1.Cl. The highest BCUT2D eigenvalue weighted by atomic mass is 35.5. The van der Waals surface area contributed by atoms with Gasteiger partial charge in [0.1, 0.15) is 0 Å². The second-order valence-corrected chi connectivity index (χ2v) is 5.82. The van der Waals surface area contributed by atoms with Crippen LogP contribution in [-0.2, 0) is 7.05 Å². The first-order valence-electron chi connectivity index (χ1n) is 7.10. The molecule has 2 saturated heterocycles. The summed E-state index contributed by atoms with van der Waals surface area (Å²) in [6, 6.07) is 0.625. The van der Waals surface area contributed by atoms with E-state index in [2.05, 4.69) is 10.4 Å². The van der Waals surface area contributed by atoms with Crippen LogP contribution in [0, 0.1) is 19.8 Å². The Bertz CT molecular complexity index is 514. The first-order valence-corrected chi connectivity index (χ1v) is 7.10. The largest absolute Gasteiger partial charge is 0.338 e. The highest BCUT2D eigenvalue weighted by Gasteiger charge is 2.35. The van der Waals surface area contributed by atoms with Crippen molar-refractivity contribution in [2.24, 2.45) is 13.0 Å². The lowest BCUT2D eigenvalue weighted by atomic mass is 9.93. The Kier molecular flexibility index (Phi) is 4.39. The van der Waals surface area contributed by atoms with Gasteiger partial charge in [-0.05, 0) is 39.2 Å². The molecule has 5 nitrogen and oxygen atoms in total. The van der Waals surface area contributed by atoms with E-state index >= 15 is 0 Å². The zero-order chi connectivity index (χ0) is 13.6. The van der Waals surface area contributed by atoms with Crippen LogP contribution in [0.1, 0.15) is 34.6 Å². The van der Waals surface area contributed by atoms with Gasteiger partial charge in [0.2, 0.25) is 0 Å². The number of rotatable bonds is 1. The molecule has 2 aliphatic rings. The van der Waals surface area contributed by atoms with Gasteiger partial charge in [-0.3, -0.25) is 9.48 Å². The molecule has 2 atom stereocenters. The Morgan fingerprint density at radius 2 is 2.10 bits per heavy atom. The predicted octanol–water partition coefficient (Wildman–Crippen LogP) is 1.28. The van der Waals surface area contributed by atoms with Gasteiger partial charge in [-0.2, -0.15) is 5.10 Å². The maximum atomic E-state index is 12.7. The van der Waals surface area contributed by atoms with E-state index in [1.807, 2.05) is 25.8 Å². The minimum Gasteiger partial charge on any atom is -0.338 e. The summed E-state index contributed by atoms with van der Waals surface area (Å²) < 4.78 is 1.80. The molecule has 0 bridgehead atoms. The summed E-state index contributed by atoms with van der Waals surface area (Å²) in [5.74, 6) is 0.795. The van der Waals surface area contributed by atoms with Gasteiger partial charge in [0.25, 0.3) is 5.91 Å². The molecule has 2 aliphatic heterocycles. The van der Waals surface area contributed by atoms with Crippen LogP contribution in [0.2, 0.25) is 0 Å². The average Bonchev–Trinajstić information content (AvgIpc) is 2.94. The number of hydrogen-bond donors (Lipinski definition) is 1. The molecule has 20 heavy (non-hydrogen) atoms. The summed E-state index contributed by atoms with van der Waals surface area (Å²) in [6.07, 6.45) is 2.27. The van der Waals surface area contributed by atoms with Crippen molar-refractivity contribution in [1.29, 1.82) is 0 Å². The summed E-state index contributed by atoms with van der Waals surface area (Å²) in [6.45, 7) is 6.74. The number of fused-ring (bicyclic) bond motifs is 1. The maximum absolute atomic E-state index is 12.7. The summed E-state index contributed by atoms with van der Waals surface area (Å²) in [5, 5.41) is 7.88. The topological polar surface area (TPSA) is 50.2 Å². The monoisotopic (exact) mass is 298 g/mol. The summed E-state index contributed by atoms with van der Waals surface area (Å²) >= 11 is 0. The van der Waals surface area contributed by atoms with E-state index in [1.54, 1.807) is 4.68 Å². The van der Waals surface area contributed by atoms with Crippen LogP contribution < -0.4 is 5.32 Å². The molecule has 0 spiro atoms. The quantitative estimate of drug-likeness (QED) is 0.850. The molecule has 1 amide bonds. The summed E-state index contributed by atoms with van der Waals surface area (Å²) in [4.78, 5) is 14.7. The Balaban J connectivity index is 0.00000147. The van der Waals surface area contributed by atoms with Crippen molar-refractivity contribution in [2.45, 2.75) is 32.7 Å². The zero-order valence-electron chi connectivity index (χ0n) is 12.3. The minimum atomic E-state index is 0. The van der Waals surface area contributed by atoms with E-state index in [-0.39, 0.29) is 18.3 Å². The van der Waals surface area contributed by atoms with Gasteiger partial charge in [0.15, 0.2) is 0 Å². The van der Waals surface area contributed by atoms with Gasteiger partial charge in [0.05, 0.1) is 11.3 Å². The van der Waals surface area contributed by atoms with Crippen molar-refractivity contribution < 1.29 is 4.79 Å². The maximum Gasteiger partial charge on any atom is 0.257 e. The minimum absolute atomic E-state index is 0. The number of hydrogen-bond acceptors (Lipinski definition) is 3. The van der Waals surface area contributed by atoms with Crippen LogP contribution in [-0.4, -0.2) is 46.3 Å². The van der Waals surface area contributed by atoms with E-state index in [1.165, 1.54) is 6.42 Å². The van der Waals surface area contributed by atoms with Crippen LogP contribution in [0.5, 0.6) is 0 Å². The molecule has 2 unspecified atom stereocenters. The molecular weight excluding hydrogens is 276 g/mol. The molecule has 1 aromatic heterocycles. The third-order valence-electron chi connectivity index (χ3n) is 4.67. The molecule has 1 aromatic rings. The van der Waals surface area contributed by atoms with Crippen LogP contribution in [0.4, 0.5) is 0 Å². The fourth-order valence-electron chi connectivity index (χ4n) is 3.47. The van der Waals surface area contributed by atoms with E-state index in [4.69, 9.17) is 0 Å². The van der Waals surface area contributed by atoms with Crippen LogP contribution in [0.3, 0.4) is 0 Å². The first kappa shape index (κ1) is 15.3. The molecule has 2 fully saturated rings.